The van der Waals surface area contributed by atoms with Crippen LogP contribution in [0, 0.1) is 0 Å². The Labute approximate surface area is 130 Å². The van der Waals surface area contributed by atoms with Crippen molar-refractivity contribution in [3.8, 4) is 5.75 Å². The molecule has 108 valence electrons. The van der Waals surface area contributed by atoms with E-state index in [0.717, 1.165) is 4.47 Å². The quantitative estimate of drug-likeness (QED) is 0.837. The summed E-state index contributed by atoms with van der Waals surface area (Å²) in [7, 11) is 1.52. The lowest BCUT2D eigenvalue weighted by Crippen LogP contribution is -2.41. The van der Waals surface area contributed by atoms with Gasteiger partial charge in [-0.25, -0.2) is 0 Å². The van der Waals surface area contributed by atoms with E-state index in [0.29, 0.717) is 16.9 Å². The zero-order valence-corrected chi connectivity index (χ0v) is 12.8. The first-order valence-corrected chi connectivity index (χ1v) is 6.90. The van der Waals surface area contributed by atoms with E-state index in [2.05, 4.69) is 26.8 Å². The highest BCUT2D eigenvalue weighted by atomic mass is 79.9. The van der Waals surface area contributed by atoms with Gasteiger partial charge >= 0.3 is 0 Å². The SMILES string of the molecule is COc1cccc(C(=O)NNC(=O)c2cccc(Br)c2)c1. The second kappa shape index (κ2) is 6.90. The lowest BCUT2D eigenvalue weighted by molar-refractivity contribution is 0.0846. The van der Waals surface area contributed by atoms with E-state index >= 15 is 0 Å². The summed E-state index contributed by atoms with van der Waals surface area (Å²) >= 11 is 3.28. The molecule has 0 fully saturated rings. The average molecular weight is 349 g/mol. The number of methoxy groups -OCH3 is 1. The molecule has 0 radical (unpaired) electrons. The molecule has 0 atom stereocenters. The molecule has 0 heterocycles. The third kappa shape index (κ3) is 4.06. The number of hydrazine groups is 1. The third-order valence-electron chi connectivity index (χ3n) is 2.71. The van der Waals surface area contributed by atoms with Gasteiger partial charge in [-0.1, -0.05) is 28.1 Å². The van der Waals surface area contributed by atoms with Crippen molar-refractivity contribution in [1.82, 2.24) is 10.9 Å². The minimum atomic E-state index is -0.419. The summed E-state index contributed by atoms with van der Waals surface area (Å²) in [6, 6.07) is 13.5. The van der Waals surface area contributed by atoms with Crippen LogP contribution in [0.15, 0.2) is 53.0 Å². The Morgan fingerprint density at radius 1 is 0.952 bits per heavy atom. The van der Waals surface area contributed by atoms with Crippen LogP contribution < -0.4 is 15.6 Å². The number of carbonyl (C=O) groups excluding carboxylic acids is 2. The van der Waals surface area contributed by atoms with Gasteiger partial charge in [-0.05, 0) is 36.4 Å². The number of hydrogen-bond donors (Lipinski definition) is 2. The Morgan fingerprint density at radius 2 is 1.52 bits per heavy atom. The Bertz CT molecular complexity index is 673. The van der Waals surface area contributed by atoms with Crippen LogP contribution in [0.2, 0.25) is 0 Å². The first-order chi connectivity index (χ1) is 10.1. The van der Waals surface area contributed by atoms with Crippen LogP contribution >= 0.6 is 15.9 Å². The molecule has 0 aliphatic carbocycles. The van der Waals surface area contributed by atoms with Crippen LogP contribution in [-0.2, 0) is 0 Å². The summed E-state index contributed by atoms with van der Waals surface area (Å²) in [5.74, 6) is -0.245. The highest BCUT2D eigenvalue weighted by Crippen LogP contribution is 2.13. The van der Waals surface area contributed by atoms with E-state index in [1.54, 1.807) is 42.5 Å². The Balaban J connectivity index is 1.99. The summed E-state index contributed by atoms with van der Waals surface area (Å²) < 4.78 is 5.83. The zero-order chi connectivity index (χ0) is 15.2. The molecule has 2 aromatic rings. The van der Waals surface area contributed by atoms with Gasteiger partial charge in [0.05, 0.1) is 7.11 Å². The zero-order valence-electron chi connectivity index (χ0n) is 11.2. The number of benzene rings is 2. The second-order valence-electron chi connectivity index (χ2n) is 4.15. The largest absolute Gasteiger partial charge is 0.497 e. The van der Waals surface area contributed by atoms with Gasteiger partial charge in [-0.3, -0.25) is 20.4 Å². The van der Waals surface area contributed by atoms with E-state index in [1.165, 1.54) is 7.11 Å². The van der Waals surface area contributed by atoms with E-state index in [-0.39, 0.29) is 0 Å². The smallest absolute Gasteiger partial charge is 0.269 e. The highest BCUT2D eigenvalue weighted by Gasteiger charge is 2.09. The van der Waals surface area contributed by atoms with Crippen molar-refractivity contribution in [2.75, 3.05) is 7.11 Å². The predicted octanol–water partition coefficient (Wildman–Crippen LogP) is 2.53. The van der Waals surface area contributed by atoms with Crippen molar-refractivity contribution in [2.24, 2.45) is 0 Å². The summed E-state index contributed by atoms with van der Waals surface area (Å²) in [6.45, 7) is 0. The molecule has 5 nitrogen and oxygen atoms in total. The van der Waals surface area contributed by atoms with E-state index in [4.69, 9.17) is 4.74 Å². The molecule has 0 saturated carbocycles. The van der Waals surface area contributed by atoms with Crippen molar-refractivity contribution < 1.29 is 14.3 Å². The predicted molar refractivity (Wildman–Crippen MR) is 82.1 cm³/mol. The van der Waals surface area contributed by atoms with Gasteiger partial charge in [0.15, 0.2) is 0 Å². The second-order valence-corrected chi connectivity index (χ2v) is 5.07. The maximum Gasteiger partial charge on any atom is 0.269 e. The minimum Gasteiger partial charge on any atom is -0.497 e. The number of amides is 2. The van der Waals surface area contributed by atoms with Gasteiger partial charge in [0, 0.05) is 15.6 Å². The lowest BCUT2D eigenvalue weighted by atomic mass is 10.2. The molecule has 21 heavy (non-hydrogen) atoms. The van der Waals surface area contributed by atoms with Crippen LogP contribution in [0.1, 0.15) is 20.7 Å². The molecule has 0 aromatic heterocycles. The molecule has 0 spiro atoms. The van der Waals surface area contributed by atoms with E-state index in [1.807, 2.05) is 6.07 Å². The molecule has 2 amide bonds. The first kappa shape index (κ1) is 15.1. The van der Waals surface area contributed by atoms with Crippen LogP contribution in [0.4, 0.5) is 0 Å². The molecule has 0 bridgehead atoms. The molecule has 0 aliphatic rings. The number of halogens is 1. The Hall–Kier alpha value is -2.34. The van der Waals surface area contributed by atoms with Crippen LogP contribution in [0.3, 0.4) is 0 Å². The van der Waals surface area contributed by atoms with Gasteiger partial charge in [0.2, 0.25) is 0 Å². The maximum absolute atomic E-state index is 11.9. The standard InChI is InChI=1S/C15H13BrN2O3/c1-21-13-7-3-5-11(9-13)15(20)18-17-14(19)10-4-2-6-12(16)8-10/h2-9H,1H3,(H,17,19)(H,18,20). The number of hydrogen-bond acceptors (Lipinski definition) is 3. The number of carbonyl (C=O) groups is 2. The molecular weight excluding hydrogens is 336 g/mol. The van der Waals surface area contributed by atoms with Crippen LogP contribution in [0.25, 0.3) is 0 Å². The number of ether oxygens (including phenoxy) is 1. The number of nitrogens with one attached hydrogen (secondary N) is 2. The summed E-state index contributed by atoms with van der Waals surface area (Å²) in [6.07, 6.45) is 0. The van der Waals surface area contributed by atoms with Crippen molar-refractivity contribution >= 4 is 27.7 Å². The lowest BCUT2D eigenvalue weighted by Gasteiger charge is -2.08. The van der Waals surface area contributed by atoms with Gasteiger partial charge < -0.3 is 4.74 Å². The molecule has 6 heteroatoms. The van der Waals surface area contributed by atoms with Crippen molar-refractivity contribution in [3.05, 3.63) is 64.1 Å². The normalized spacial score (nSPS) is 9.81. The molecule has 2 rings (SSSR count). The topological polar surface area (TPSA) is 67.4 Å². The molecule has 0 unspecified atom stereocenters. The number of rotatable bonds is 3. The molecule has 0 aliphatic heterocycles. The maximum atomic E-state index is 11.9. The van der Waals surface area contributed by atoms with E-state index in [9.17, 15) is 9.59 Å². The van der Waals surface area contributed by atoms with Crippen LogP contribution in [-0.4, -0.2) is 18.9 Å². The minimum absolute atomic E-state index is 0.392. The highest BCUT2D eigenvalue weighted by molar-refractivity contribution is 9.10. The fourth-order valence-electron chi connectivity index (χ4n) is 1.65. The monoisotopic (exact) mass is 348 g/mol. The molecule has 0 saturated heterocycles. The fraction of sp³-hybridized carbons (Fsp3) is 0.0667. The average Bonchev–Trinajstić information content (AvgIpc) is 2.52. The third-order valence-corrected chi connectivity index (χ3v) is 3.20. The molecule has 2 aromatic carbocycles. The Kier molecular flexibility index (Phi) is 4.94. The molecular formula is C15H13BrN2O3. The van der Waals surface area contributed by atoms with Gasteiger partial charge in [-0.2, -0.15) is 0 Å². The van der Waals surface area contributed by atoms with Crippen molar-refractivity contribution in [2.45, 2.75) is 0 Å². The van der Waals surface area contributed by atoms with Gasteiger partial charge in [0.1, 0.15) is 5.75 Å². The first-order valence-electron chi connectivity index (χ1n) is 6.10. The van der Waals surface area contributed by atoms with E-state index < -0.39 is 11.8 Å². The summed E-state index contributed by atoms with van der Waals surface area (Å²) in [4.78, 5) is 23.8. The Morgan fingerprint density at radius 3 is 2.10 bits per heavy atom. The van der Waals surface area contributed by atoms with Crippen molar-refractivity contribution in [3.63, 3.8) is 0 Å². The van der Waals surface area contributed by atoms with Crippen molar-refractivity contribution in [1.29, 1.82) is 0 Å². The van der Waals surface area contributed by atoms with Gasteiger partial charge in [-0.15, -0.1) is 0 Å². The summed E-state index contributed by atoms with van der Waals surface area (Å²) in [5.41, 5.74) is 5.55. The summed E-state index contributed by atoms with van der Waals surface area (Å²) in [5, 5.41) is 0. The molecule has 2 N–H and O–H groups in total. The van der Waals surface area contributed by atoms with Crippen LogP contribution in [0.5, 0.6) is 5.75 Å². The van der Waals surface area contributed by atoms with Gasteiger partial charge in [0.25, 0.3) is 11.8 Å². The fourth-order valence-corrected chi connectivity index (χ4v) is 2.05.